The normalized spacial score (nSPS) is 11.7. The fourth-order valence-electron chi connectivity index (χ4n) is 3.69. The third kappa shape index (κ3) is 7.98. The molecule has 1 unspecified atom stereocenters. The molecule has 0 aliphatic carbocycles. The molecule has 0 saturated carbocycles. The van der Waals surface area contributed by atoms with Gasteiger partial charge in [0.05, 0.1) is 11.7 Å². The van der Waals surface area contributed by atoms with E-state index in [1.807, 2.05) is 55.7 Å². The first-order chi connectivity index (χ1) is 16.6. The molecule has 180 valence electrons. The van der Waals surface area contributed by atoms with Gasteiger partial charge in [-0.05, 0) is 73.7 Å². The largest absolute Gasteiger partial charge is 0.489 e. The van der Waals surface area contributed by atoms with Crippen LogP contribution < -0.4 is 4.74 Å². The molecule has 5 nitrogen and oxygen atoms in total. The predicted molar refractivity (Wildman–Crippen MR) is 136 cm³/mol. The molecular formula is C29H36N2O3. The van der Waals surface area contributed by atoms with Gasteiger partial charge in [-0.15, -0.1) is 0 Å². The van der Waals surface area contributed by atoms with Crippen LogP contribution in [-0.4, -0.2) is 22.0 Å². The van der Waals surface area contributed by atoms with E-state index in [1.165, 1.54) is 19.3 Å². The summed E-state index contributed by atoms with van der Waals surface area (Å²) < 4.78 is 11.5. The zero-order valence-electron chi connectivity index (χ0n) is 20.6. The van der Waals surface area contributed by atoms with Gasteiger partial charge in [0.1, 0.15) is 12.4 Å². The average molecular weight is 461 g/mol. The second kappa shape index (κ2) is 13.5. The van der Waals surface area contributed by atoms with Crippen LogP contribution in [0.5, 0.6) is 5.75 Å². The highest BCUT2D eigenvalue weighted by molar-refractivity contribution is 5.89. The molecular weight excluding hydrogens is 424 g/mol. The fourth-order valence-corrected chi connectivity index (χ4v) is 3.69. The summed E-state index contributed by atoms with van der Waals surface area (Å²) in [6.45, 7) is 6.72. The first-order valence-corrected chi connectivity index (χ1v) is 12.4. The zero-order valence-corrected chi connectivity index (χ0v) is 20.6. The summed E-state index contributed by atoms with van der Waals surface area (Å²) >= 11 is 0. The van der Waals surface area contributed by atoms with Gasteiger partial charge in [-0.2, -0.15) is 0 Å². The lowest BCUT2D eigenvalue weighted by molar-refractivity contribution is 0.0319. The highest BCUT2D eigenvalue weighted by Crippen LogP contribution is 2.20. The van der Waals surface area contributed by atoms with Gasteiger partial charge in [0, 0.05) is 18.0 Å². The molecule has 2 aromatic carbocycles. The molecule has 0 aliphatic heterocycles. The summed E-state index contributed by atoms with van der Waals surface area (Å²) in [5.74, 6) is 1.21. The molecule has 0 fully saturated rings. The Hall–Kier alpha value is -3.21. The summed E-state index contributed by atoms with van der Waals surface area (Å²) in [5, 5.41) is 0. The number of carbonyl (C=O) groups is 1. The van der Waals surface area contributed by atoms with Gasteiger partial charge in [0.25, 0.3) is 0 Å². The van der Waals surface area contributed by atoms with E-state index in [4.69, 9.17) is 9.47 Å². The third-order valence-electron chi connectivity index (χ3n) is 5.72. The van der Waals surface area contributed by atoms with Gasteiger partial charge < -0.3 is 9.47 Å². The fraction of sp³-hybridized carbons (Fsp3) is 0.414. The number of hydrogen-bond acceptors (Lipinski definition) is 5. The smallest absolute Gasteiger partial charge is 0.338 e. The minimum absolute atomic E-state index is 0.0602. The van der Waals surface area contributed by atoms with Crippen molar-refractivity contribution < 1.29 is 14.3 Å². The highest BCUT2D eigenvalue weighted by Gasteiger charge is 2.12. The van der Waals surface area contributed by atoms with Gasteiger partial charge in [-0.1, -0.05) is 51.7 Å². The summed E-state index contributed by atoms with van der Waals surface area (Å²) in [6.07, 6.45) is 11.4. The van der Waals surface area contributed by atoms with Crippen molar-refractivity contribution in [3.8, 4) is 17.1 Å². The van der Waals surface area contributed by atoms with Crippen LogP contribution in [0.2, 0.25) is 0 Å². The van der Waals surface area contributed by atoms with Crippen LogP contribution in [0.3, 0.4) is 0 Å². The Morgan fingerprint density at radius 3 is 2.21 bits per heavy atom. The summed E-state index contributed by atoms with van der Waals surface area (Å²) in [4.78, 5) is 21.3. The Morgan fingerprint density at radius 2 is 1.56 bits per heavy atom. The maximum absolute atomic E-state index is 12.4. The Kier molecular flexibility index (Phi) is 10.1. The average Bonchev–Trinajstić information content (AvgIpc) is 2.87. The predicted octanol–water partition coefficient (Wildman–Crippen LogP) is 7.19. The summed E-state index contributed by atoms with van der Waals surface area (Å²) in [6, 6.07) is 15.2. The van der Waals surface area contributed by atoms with E-state index in [-0.39, 0.29) is 12.1 Å². The number of unbranched alkanes of at least 4 members (excludes halogenated alkanes) is 3. The van der Waals surface area contributed by atoms with Gasteiger partial charge in [-0.3, -0.25) is 0 Å². The lowest BCUT2D eigenvalue weighted by atomic mass is 10.1. The van der Waals surface area contributed by atoms with E-state index in [9.17, 15) is 4.79 Å². The van der Waals surface area contributed by atoms with Crippen molar-refractivity contribution in [1.29, 1.82) is 0 Å². The molecule has 1 heterocycles. The molecule has 0 radical (unpaired) electrons. The number of aromatic nitrogens is 2. The molecule has 0 bridgehead atoms. The summed E-state index contributed by atoms with van der Waals surface area (Å²) in [5.41, 5.74) is 3.67. The first-order valence-electron chi connectivity index (χ1n) is 12.4. The number of rotatable bonds is 13. The van der Waals surface area contributed by atoms with Crippen molar-refractivity contribution in [3.05, 3.63) is 77.6 Å². The van der Waals surface area contributed by atoms with Gasteiger partial charge >= 0.3 is 5.97 Å². The van der Waals surface area contributed by atoms with Gasteiger partial charge in [-0.25, -0.2) is 14.8 Å². The highest BCUT2D eigenvalue weighted by atomic mass is 16.5. The molecule has 0 aliphatic rings. The molecule has 3 aromatic rings. The molecule has 3 rings (SSSR count). The van der Waals surface area contributed by atoms with E-state index in [2.05, 4.69) is 23.8 Å². The first kappa shape index (κ1) is 25.4. The Morgan fingerprint density at radius 1 is 0.853 bits per heavy atom. The van der Waals surface area contributed by atoms with Crippen LogP contribution in [0.25, 0.3) is 11.4 Å². The van der Waals surface area contributed by atoms with Crippen LogP contribution in [0, 0.1) is 0 Å². The quantitative estimate of drug-likeness (QED) is 0.199. The topological polar surface area (TPSA) is 61.3 Å². The molecule has 1 atom stereocenters. The Balaban J connectivity index is 1.47. The Labute approximate surface area is 203 Å². The van der Waals surface area contributed by atoms with Crippen LogP contribution >= 0.6 is 0 Å². The molecule has 5 heteroatoms. The van der Waals surface area contributed by atoms with Crippen LogP contribution in [0.4, 0.5) is 0 Å². The van der Waals surface area contributed by atoms with Crippen LogP contribution in [0.1, 0.15) is 80.8 Å². The van der Waals surface area contributed by atoms with E-state index in [0.717, 1.165) is 48.1 Å². The number of nitrogens with zero attached hydrogens (tertiary/aromatic N) is 2. The molecule has 0 saturated heterocycles. The number of hydrogen-bond donors (Lipinski definition) is 0. The van der Waals surface area contributed by atoms with Gasteiger partial charge in [0.2, 0.25) is 0 Å². The minimum atomic E-state index is -0.268. The number of aryl methyl sites for hydroxylation is 1. The number of carbonyl (C=O) groups excluding carboxylic acids is 1. The van der Waals surface area contributed by atoms with E-state index in [1.54, 1.807) is 12.1 Å². The second-order valence-electron chi connectivity index (χ2n) is 8.74. The van der Waals surface area contributed by atoms with Crippen molar-refractivity contribution in [1.82, 2.24) is 9.97 Å². The molecule has 34 heavy (non-hydrogen) atoms. The zero-order chi connectivity index (χ0) is 24.2. The van der Waals surface area contributed by atoms with E-state index >= 15 is 0 Å². The van der Waals surface area contributed by atoms with E-state index in [0.29, 0.717) is 18.0 Å². The monoisotopic (exact) mass is 460 g/mol. The van der Waals surface area contributed by atoms with Crippen molar-refractivity contribution in [3.63, 3.8) is 0 Å². The second-order valence-corrected chi connectivity index (χ2v) is 8.74. The molecule has 0 spiro atoms. The van der Waals surface area contributed by atoms with Crippen molar-refractivity contribution in [2.24, 2.45) is 0 Å². The van der Waals surface area contributed by atoms with Crippen LogP contribution in [-0.2, 0) is 17.8 Å². The molecule has 0 amide bonds. The van der Waals surface area contributed by atoms with Crippen molar-refractivity contribution >= 4 is 5.97 Å². The number of ether oxygens (including phenoxy) is 2. The van der Waals surface area contributed by atoms with Crippen molar-refractivity contribution in [2.45, 2.75) is 78.4 Å². The SMILES string of the molecule is CCCCCCC(C)OC(=O)c1ccc(COc2ccc(-c3ncc(CCC)cn3)cc2)cc1. The molecule has 0 N–H and O–H groups in total. The maximum atomic E-state index is 12.4. The number of benzene rings is 2. The molecule has 1 aromatic heterocycles. The maximum Gasteiger partial charge on any atom is 0.338 e. The number of esters is 1. The standard InChI is InChI=1S/C29H36N2O3/c1-4-6-7-8-10-22(3)34-29(32)26-13-11-23(12-14-26)21-33-27-17-15-25(16-18-27)28-30-19-24(9-5-2)20-31-28/h11-20,22H,4-10,21H2,1-3H3. The minimum Gasteiger partial charge on any atom is -0.489 e. The van der Waals surface area contributed by atoms with E-state index < -0.39 is 0 Å². The Bertz CT molecular complexity index is 999. The summed E-state index contributed by atoms with van der Waals surface area (Å²) in [7, 11) is 0. The lowest BCUT2D eigenvalue weighted by Gasteiger charge is -2.13. The lowest BCUT2D eigenvalue weighted by Crippen LogP contribution is -2.15. The van der Waals surface area contributed by atoms with Gasteiger partial charge in [0.15, 0.2) is 5.82 Å². The third-order valence-corrected chi connectivity index (χ3v) is 5.72. The van der Waals surface area contributed by atoms with Crippen LogP contribution in [0.15, 0.2) is 60.9 Å². The van der Waals surface area contributed by atoms with Crippen molar-refractivity contribution in [2.75, 3.05) is 0 Å².